The van der Waals surface area contributed by atoms with E-state index in [0.717, 1.165) is 32.2 Å². The van der Waals surface area contributed by atoms with E-state index in [2.05, 4.69) is 6.58 Å². The molecule has 0 bridgehead atoms. The zero-order chi connectivity index (χ0) is 11.5. The van der Waals surface area contributed by atoms with Crippen molar-refractivity contribution in [2.45, 2.75) is 31.7 Å². The molecule has 0 N–H and O–H groups in total. The summed E-state index contributed by atoms with van der Waals surface area (Å²) >= 11 is 0. The summed E-state index contributed by atoms with van der Waals surface area (Å²) in [5.74, 6) is 0.231. The Bertz CT molecular complexity index is 314. The fraction of sp³-hybridized carbons (Fsp3) is 0.667. The number of carbonyl (C=O) groups excluding carboxylic acids is 2. The van der Waals surface area contributed by atoms with Crippen LogP contribution in [0.2, 0.25) is 0 Å². The number of carbonyl (C=O) groups is 2. The summed E-state index contributed by atoms with van der Waals surface area (Å²) in [7, 11) is 0. The van der Waals surface area contributed by atoms with Gasteiger partial charge in [0, 0.05) is 13.1 Å². The number of piperidine rings is 1. The minimum absolute atomic E-state index is 0.105. The summed E-state index contributed by atoms with van der Waals surface area (Å²) < 4.78 is 0. The summed E-state index contributed by atoms with van der Waals surface area (Å²) in [5.41, 5.74) is 0. The Morgan fingerprint density at radius 3 is 2.94 bits per heavy atom. The van der Waals surface area contributed by atoms with Gasteiger partial charge in [-0.1, -0.05) is 6.08 Å². The van der Waals surface area contributed by atoms with Crippen molar-refractivity contribution in [3.05, 3.63) is 12.7 Å². The fourth-order valence-electron chi connectivity index (χ4n) is 2.47. The van der Waals surface area contributed by atoms with Gasteiger partial charge in [-0.15, -0.1) is 6.58 Å². The van der Waals surface area contributed by atoms with E-state index < -0.39 is 0 Å². The van der Waals surface area contributed by atoms with Gasteiger partial charge in [-0.25, -0.2) is 0 Å². The van der Waals surface area contributed by atoms with Crippen LogP contribution in [0.1, 0.15) is 25.7 Å². The van der Waals surface area contributed by atoms with E-state index in [1.165, 1.54) is 0 Å². The van der Waals surface area contributed by atoms with Crippen LogP contribution in [0.15, 0.2) is 12.7 Å². The monoisotopic (exact) mass is 222 g/mol. The van der Waals surface area contributed by atoms with Crippen molar-refractivity contribution < 1.29 is 9.59 Å². The van der Waals surface area contributed by atoms with Crippen molar-refractivity contribution in [2.24, 2.45) is 0 Å². The van der Waals surface area contributed by atoms with Gasteiger partial charge >= 0.3 is 0 Å². The van der Waals surface area contributed by atoms with Crippen LogP contribution in [0, 0.1) is 0 Å². The number of nitrogens with zero attached hydrogens (tertiary/aromatic N) is 2. The lowest BCUT2D eigenvalue weighted by Gasteiger charge is -2.42. The second-order valence-corrected chi connectivity index (χ2v) is 4.44. The second kappa shape index (κ2) is 4.68. The fourth-order valence-corrected chi connectivity index (χ4v) is 2.47. The highest BCUT2D eigenvalue weighted by Gasteiger charge is 2.39. The Balaban J connectivity index is 2.06. The van der Waals surface area contributed by atoms with Crippen molar-refractivity contribution in [3.63, 3.8) is 0 Å². The number of rotatable bonds is 3. The molecule has 0 aromatic heterocycles. The first-order valence-corrected chi connectivity index (χ1v) is 5.93. The lowest BCUT2D eigenvalue weighted by molar-refractivity contribution is -0.157. The van der Waals surface area contributed by atoms with Crippen LogP contribution in [-0.2, 0) is 9.59 Å². The third-order valence-corrected chi connectivity index (χ3v) is 3.35. The maximum atomic E-state index is 12.1. The van der Waals surface area contributed by atoms with E-state index in [1.54, 1.807) is 15.9 Å². The van der Waals surface area contributed by atoms with Crippen molar-refractivity contribution in [1.29, 1.82) is 0 Å². The molecule has 88 valence electrons. The van der Waals surface area contributed by atoms with Crippen molar-refractivity contribution in [1.82, 2.24) is 9.80 Å². The van der Waals surface area contributed by atoms with Crippen LogP contribution in [0.5, 0.6) is 0 Å². The molecule has 0 radical (unpaired) electrons. The second-order valence-electron chi connectivity index (χ2n) is 4.44. The van der Waals surface area contributed by atoms with E-state index >= 15 is 0 Å². The Morgan fingerprint density at radius 1 is 1.38 bits per heavy atom. The Kier molecular flexibility index (Phi) is 3.27. The number of fused-ring (bicyclic) bond motifs is 1. The van der Waals surface area contributed by atoms with E-state index in [0.29, 0.717) is 6.54 Å². The predicted molar refractivity (Wildman–Crippen MR) is 60.7 cm³/mol. The molecule has 1 atom stereocenters. The number of hydrogen-bond acceptors (Lipinski definition) is 2. The first-order valence-electron chi connectivity index (χ1n) is 5.93. The molecule has 0 aromatic rings. The summed E-state index contributed by atoms with van der Waals surface area (Å²) in [6, 6.07) is -0.181. The Morgan fingerprint density at radius 2 is 2.19 bits per heavy atom. The highest BCUT2D eigenvalue weighted by Crippen LogP contribution is 2.23. The summed E-state index contributed by atoms with van der Waals surface area (Å²) in [4.78, 5) is 27.4. The van der Waals surface area contributed by atoms with Crippen LogP contribution in [-0.4, -0.2) is 47.3 Å². The lowest BCUT2D eigenvalue weighted by atomic mass is 9.98. The number of piperazine rings is 1. The third-order valence-electron chi connectivity index (χ3n) is 3.35. The molecule has 4 nitrogen and oxygen atoms in total. The third kappa shape index (κ3) is 1.96. The Labute approximate surface area is 95.9 Å². The van der Waals surface area contributed by atoms with Gasteiger partial charge in [0.15, 0.2) is 0 Å². The average Bonchev–Trinajstić information content (AvgIpc) is 2.32. The van der Waals surface area contributed by atoms with Gasteiger partial charge in [-0.2, -0.15) is 0 Å². The largest absolute Gasteiger partial charge is 0.331 e. The van der Waals surface area contributed by atoms with Gasteiger partial charge in [0.05, 0.1) is 6.54 Å². The van der Waals surface area contributed by atoms with E-state index in [-0.39, 0.29) is 24.4 Å². The standard InChI is InChI=1S/C12H18N2O2/c1-2-3-7-13-9-11(15)14-8-5-4-6-10(14)12(13)16/h2,10H,1,3-9H2. The summed E-state index contributed by atoms with van der Waals surface area (Å²) in [6.07, 6.45) is 5.45. The average molecular weight is 222 g/mol. The Hall–Kier alpha value is -1.32. The number of hydrogen-bond donors (Lipinski definition) is 0. The zero-order valence-corrected chi connectivity index (χ0v) is 9.52. The van der Waals surface area contributed by atoms with Crippen LogP contribution in [0.4, 0.5) is 0 Å². The molecule has 2 saturated heterocycles. The van der Waals surface area contributed by atoms with Crippen molar-refractivity contribution >= 4 is 11.8 Å². The molecule has 4 heteroatoms. The highest BCUT2D eigenvalue weighted by molar-refractivity contribution is 5.95. The minimum Gasteiger partial charge on any atom is -0.331 e. The SMILES string of the molecule is C=CCCN1CC(=O)N2CCCCC2C1=O. The van der Waals surface area contributed by atoms with Crippen molar-refractivity contribution in [2.75, 3.05) is 19.6 Å². The van der Waals surface area contributed by atoms with Crippen molar-refractivity contribution in [3.8, 4) is 0 Å². The van der Waals surface area contributed by atoms with Gasteiger partial charge < -0.3 is 9.80 Å². The van der Waals surface area contributed by atoms with E-state index in [1.807, 2.05) is 0 Å². The van der Waals surface area contributed by atoms with Crippen LogP contribution in [0.3, 0.4) is 0 Å². The molecule has 2 fully saturated rings. The molecule has 2 amide bonds. The molecule has 2 aliphatic heterocycles. The molecule has 0 saturated carbocycles. The summed E-state index contributed by atoms with van der Waals surface area (Å²) in [5, 5.41) is 0. The molecule has 2 aliphatic rings. The molecule has 0 aliphatic carbocycles. The van der Waals surface area contributed by atoms with Gasteiger partial charge in [-0.05, 0) is 25.7 Å². The molecule has 2 heterocycles. The molecule has 2 rings (SSSR count). The molecule has 0 spiro atoms. The van der Waals surface area contributed by atoms with Gasteiger partial charge in [-0.3, -0.25) is 9.59 Å². The number of amides is 2. The quantitative estimate of drug-likeness (QED) is 0.662. The molecule has 1 unspecified atom stereocenters. The predicted octanol–water partition coefficient (Wildman–Crippen LogP) is 0.786. The van der Waals surface area contributed by atoms with Crippen LogP contribution < -0.4 is 0 Å². The lowest BCUT2D eigenvalue weighted by Crippen LogP contribution is -2.61. The molecule has 16 heavy (non-hydrogen) atoms. The maximum absolute atomic E-state index is 12.1. The summed E-state index contributed by atoms with van der Waals surface area (Å²) in [6.45, 7) is 5.27. The molecule has 0 aromatic carbocycles. The minimum atomic E-state index is -0.181. The first kappa shape index (κ1) is 11.2. The van der Waals surface area contributed by atoms with Crippen LogP contribution >= 0.6 is 0 Å². The van der Waals surface area contributed by atoms with Gasteiger partial charge in [0.2, 0.25) is 11.8 Å². The normalized spacial score (nSPS) is 25.6. The molecular formula is C12H18N2O2. The smallest absolute Gasteiger partial charge is 0.245 e. The first-order chi connectivity index (χ1) is 7.74. The van der Waals surface area contributed by atoms with E-state index in [9.17, 15) is 9.59 Å². The maximum Gasteiger partial charge on any atom is 0.245 e. The topological polar surface area (TPSA) is 40.6 Å². The van der Waals surface area contributed by atoms with Gasteiger partial charge in [0.1, 0.15) is 6.04 Å². The van der Waals surface area contributed by atoms with E-state index in [4.69, 9.17) is 0 Å². The van der Waals surface area contributed by atoms with Gasteiger partial charge in [0.25, 0.3) is 0 Å². The van der Waals surface area contributed by atoms with Crippen LogP contribution in [0.25, 0.3) is 0 Å². The zero-order valence-electron chi connectivity index (χ0n) is 9.52. The highest BCUT2D eigenvalue weighted by atomic mass is 16.2. The molecular weight excluding hydrogens is 204 g/mol.